The summed E-state index contributed by atoms with van der Waals surface area (Å²) in [7, 11) is 0. The first-order valence-corrected chi connectivity index (χ1v) is 15.0. The highest BCUT2D eigenvalue weighted by molar-refractivity contribution is 4.96. The normalized spacial score (nSPS) is 15.9. The van der Waals surface area contributed by atoms with Crippen molar-refractivity contribution in [2.24, 2.45) is 0 Å². The molecule has 1 rings (SSSR count). The molecule has 0 saturated heterocycles. The molecule has 2 nitrogen and oxygen atoms in total. The minimum atomic E-state index is 0.644. The molecule has 0 aliphatic carbocycles. The second-order valence-corrected chi connectivity index (χ2v) is 10.4. The van der Waals surface area contributed by atoms with Crippen molar-refractivity contribution in [3.63, 3.8) is 0 Å². The maximum Gasteiger partial charge on any atom is 0.101 e. The average molecular weight is 449 g/mol. The molecule has 1 atom stereocenters. The SMILES string of the molecule is CCCCCCCCCCCCCN1C=CN(CCCCC)C1CCCCCCCCC. The molecule has 0 aromatic carbocycles. The lowest BCUT2D eigenvalue weighted by molar-refractivity contribution is 0.135. The Morgan fingerprint density at radius 3 is 1.16 bits per heavy atom. The molecule has 1 aliphatic heterocycles. The van der Waals surface area contributed by atoms with Crippen LogP contribution in [0.1, 0.15) is 162 Å². The van der Waals surface area contributed by atoms with Gasteiger partial charge in [0, 0.05) is 25.5 Å². The zero-order chi connectivity index (χ0) is 23.1. The Hall–Kier alpha value is -0.660. The molecule has 190 valence electrons. The number of hydrogen-bond acceptors (Lipinski definition) is 2. The van der Waals surface area contributed by atoms with Crippen LogP contribution in [-0.2, 0) is 0 Å². The van der Waals surface area contributed by atoms with Crippen LogP contribution in [0.25, 0.3) is 0 Å². The monoisotopic (exact) mass is 448 g/mol. The maximum atomic E-state index is 2.68. The van der Waals surface area contributed by atoms with Crippen LogP contribution in [0.5, 0.6) is 0 Å². The molecule has 0 radical (unpaired) electrons. The summed E-state index contributed by atoms with van der Waals surface area (Å²) in [6.45, 7) is 9.44. The molecule has 0 N–H and O–H groups in total. The molecule has 0 amide bonds. The van der Waals surface area contributed by atoms with E-state index in [-0.39, 0.29) is 0 Å². The molecule has 1 aliphatic rings. The predicted molar refractivity (Wildman–Crippen MR) is 145 cm³/mol. The molecule has 0 aromatic rings. The molecule has 1 heterocycles. The van der Waals surface area contributed by atoms with E-state index >= 15 is 0 Å². The fourth-order valence-electron chi connectivity index (χ4n) is 5.13. The first-order valence-electron chi connectivity index (χ1n) is 15.0. The summed E-state index contributed by atoms with van der Waals surface area (Å²) in [6.07, 6.45) is 36.6. The van der Waals surface area contributed by atoms with Crippen LogP contribution >= 0.6 is 0 Å². The van der Waals surface area contributed by atoms with Crippen molar-refractivity contribution in [3.05, 3.63) is 12.4 Å². The molecule has 2 heteroatoms. The van der Waals surface area contributed by atoms with E-state index in [1.807, 2.05) is 0 Å². The van der Waals surface area contributed by atoms with Crippen LogP contribution in [0.15, 0.2) is 12.4 Å². The molecule has 0 aromatic heterocycles. The summed E-state index contributed by atoms with van der Waals surface area (Å²) < 4.78 is 0. The number of unbranched alkanes of at least 4 members (excludes halogenated alkanes) is 18. The summed E-state index contributed by atoms with van der Waals surface area (Å²) in [4.78, 5) is 5.34. The van der Waals surface area contributed by atoms with Gasteiger partial charge in [-0.2, -0.15) is 0 Å². The van der Waals surface area contributed by atoms with Gasteiger partial charge < -0.3 is 9.80 Å². The Labute approximate surface area is 203 Å². The Morgan fingerprint density at radius 1 is 0.406 bits per heavy atom. The van der Waals surface area contributed by atoms with Crippen molar-refractivity contribution >= 4 is 0 Å². The van der Waals surface area contributed by atoms with E-state index in [2.05, 4.69) is 43.0 Å². The Bertz CT molecular complexity index is 406. The fraction of sp³-hybridized carbons (Fsp3) is 0.933. The first kappa shape index (κ1) is 29.4. The van der Waals surface area contributed by atoms with Crippen molar-refractivity contribution in [2.75, 3.05) is 13.1 Å². The van der Waals surface area contributed by atoms with E-state index in [0.29, 0.717) is 6.17 Å². The molecule has 32 heavy (non-hydrogen) atoms. The van der Waals surface area contributed by atoms with Crippen molar-refractivity contribution in [2.45, 2.75) is 168 Å². The lowest BCUT2D eigenvalue weighted by Crippen LogP contribution is -2.39. The summed E-state index contributed by atoms with van der Waals surface area (Å²) in [5, 5.41) is 0. The standard InChI is InChI=1S/C30H60N2/c1-4-7-10-12-14-15-16-17-19-21-24-27-32-29-28-31(26-23-9-6-3)30(32)25-22-20-18-13-11-8-5-2/h28-30H,4-27H2,1-3H3. The molecule has 0 bridgehead atoms. The minimum absolute atomic E-state index is 0.644. The van der Waals surface area contributed by atoms with Crippen molar-refractivity contribution < 1.29 is 0 Å². The van der Waals surface area contributed by atoms with Gasteiger partial charge in [0.2, 0.25) is 0 Å². The van der Waals surface area contributed by atoms with Gasteiger partial charge in [-0.3, -0.25) is 0 Å². The highest BCUT2D eigenvalue weighted by Gasteiger charge is 2.24. The average Bonchev–Trinajstić information content (AvgIpc) is 3.18. The summed E-state index contributed by atoms with van der Waals surface area (Å²) in [6, 6.07) is 0. The predicted octanol–water partition coefficient (Wildman–Crippen LogP) is 10.0. The van der Waals surface area contributed by atoms with Gasteiger partial charge in [-0.05, 0) is 25.7 Å². The topological polar surface area (TPSA) is 6.48 Å². The van der Waals surface area contributed by atoms with E-state index in [0.717, 1.165) is 0 Å². The van der Waals surface area contributed by atoms with Gasteiger partial charge in [0.05, 0.1) is 0 Å². The summed E-state index contributed by atoms with van der Waals surface area (Å²) in [5.41, 5.74) is 0. The van der Waals surface area contributed by atoms with Crippen molar-refractivity contribution in [1.29, 1.82) is 0 Å². The highest BCUT2D eigenvalue weighted by Crippen LogP contribution is 2.23. The van der Waals surface area contributed by atoms with Gasteiger partial charge in [-0.25, -0.2) is 0 Å². The molecular weight excluding hydrogens is 388 g/mol. The number of hydrogen-bond donors (Lipinski definition) is 0. The largest absolute Gasteiger partial charge is 0.356 e. The van der Waals surface area contributed by atoms with E-state index in [1.165, 1.54) is 154 Å². The highest BCUT2D eigenvalue weighted by atomic mass is 15.4. The summed E-state index contributed by atoms with van der Waals surface area (Å²) in [5.74, 6) is 0. The van der Waals surface area contributed by atoms with Gasteiger partial charge in [0.25, 0.3) is 0 Å². The quantitative estimate of drug-likeness (QED) is 0.135. The third-order valence-electron chi connectivity index (χ3n) is 7.32. The third-order valence-corrected chi connectivity index (χ3v) is 7.32. The van der Waals surface area contributed by atoms with Crippen LogP contribution in [0.3, 0.4) is 0 Å². The third kappa shape index (κ3) is 15.2. The molecule has 0 saturated carbocycles. The zero-order valence-corrected chi connectivity index (χ0v) is 22.6. The molecule has 0 spiro atoms. The van der Waals surface area contributed by atoms with Gasteiger partial charge >= 0.3 is 0 Å². The smallest absolute Gasteiger partial charge is 0.101 e. The van der Waals surface area contributed by atoms with E-state index in [9.17, 15) is 0 Å². The molecule has 1 unspecified atom stereocenters. The van der Waals surface area contributed by atoms with Crippen molar-refractivity contribution in [3.8, 4) is 0 Å². The number of rotatable bonds is 24. The van der Waals surface area contributed by atoms with Crippen LogP contribution in [-0.4, -0.2) is 29.1 Å². The minimum Gasteiger partial charge on any atom is -0.356 e. The van der Waals surface area contributed by atoms with Crippen LogP contribution in [0.4, 0.5) is 0 Å². The van der Waals surface area contributed by atoms with Crippen LogP contribution in [0, 0.1) is 0 Å². The zero-order valence-electron chi connectivity index (χ0n) is 22.6. The van der Waals surface area contributed by atoms with Crippen molar-refractivity contribution in [1.82, 2.24) is 9.80 Å². The van der Waals surface area contributed by atoms with Gasteiger partial charge in [0.1, 0.15) is 6.17 Å². The fourth-order valence-corrected chi connectivity index (χ4v) is 5.13. The van der Waals surface area contributed by atoms with E-state index in [4.69, 9.17) is 0 Å². The lowest BCUT2D eigenvalue weighted by atomic mass is 10.1. The van der Waals surface area contributed by atoms with E-state index in [1.54, 1.807) is 0 Å². The Balaban J connectivity index is 2.17. The van der Waals surface area contributed by atoms with Gasteiger partial charge in [-0.1, -0.05) is 136 Å². The van der Waals surface area contributed by atoms with Gasteiger partial charge in [0.15, 0.2) is 0 Å². The Morgan fingerprint density at radius 2 is 0.719 bits per heavy atom. The first-order chi connectivity index (χ1) is 15.8. The Kier molecular flexibility index (Phi) is 20.3. The number of nitrogens with zero attached hydrogens (tertiary/aromatic N) is 2. The second-order valence-electron chi connectivity index (χ2n) is 10.4. The van der Waals surface area contributed by atoms with Crippen LogP contribution < -0.4 is 0 Å². The van der Waals surface area contributed by atoms with Gasteiger partial charge in [-0.15, -0.1) is 0 Å². The second kappa shape index (κ2) is 22.1. The maximum absolute atomic E-state index is 2.68. The van der Waals surface area contributed by atoms with Crippen LogP contribution in [0.2, 0.25) is 0 Å². The lowest BCUT2D eigenvalue weighted by Gasteiger charge is -2.33. The van der Waals surface area contributed by atoms with E-state index < -0.39 is 0 Å². The molecule has 0 fully saturated rings. The molecular formula is C30H60N2. The summed E-state index contributed by atoms with van der Waals surface area (Å²) >= 11 is 0.